The van der Waals surface area contributed by atoms with E-state index in [1.54, 1.807) is 7.11 Å². The van der Waals surface area contributed by atoms with E-state index < -0.39 is 0 Å². The molecule has 2 unspecified atom stereocenters. The number of benzene rings is 1. The summed E-state index contributed by atoms with van der Waals surface area (Å²) in [6, 6.07) is 11.7. The van der Waals surface area contributed by atoms with Crippen molar-refractivity contribution in [1.82, 2.24) is 5.32 Å². The van der Waals surface area contributed by atoms with E-state index in [-0.39, 0.29) is 5.91 Å². The Kier molecular flexibility index (Phi) is 4.70. The summed E-state index contributed by atoms with van der Waals surface area (Å²) in [6.07, 6.45) is 2.31. The lowest BCUT2D eigenvalue weighted by Gasteiger charge is -2.06. The molecule has 1 aromatic heterocycles. The first-order valence-corrected chi connectivity index (χ1v) is 8.14. The Morgan fingerprint density at radius 1 is 1.26 bits per heavy atom. The number of rotatable bonds is 7. The molecule has 1 aromatic carbocycles. The van der Waals surface area contributed by atoms with Crippen molar-refractivity contribution in [1.29, 1.82) is 0 Å². The van der Waals surface area contributed by atoms with E-state index in [4.69, 9.17) is 9.15 Å². The maximum Gasteiger partial charge on any atom is 0.220 e. The van der Waals surface area contributed by atoms with Gasteiger partial charge in [0.25, 0.3) is 0 Å². The smallest absolute Gasteiger partial charge is 0.220 e. The third-order valence-electron chi connectivity index (χ3n) is 4.40. The van der Waals surface area contributed by atoms with E-state index in [9.17, 15) is 4.79 Å². The summed E-state index contributed by atoms with van der Waals surface area (Å²) in [5.74, 6) is 4.16. The number of hydrogen-bond acceptors (Lipinski definition) is 3. The molecule has 4 heteroatoms. The van der Waals surface area contributed by atoms with Crippen molar-refractivity contribution in [3.05, 3.63) is 53.5 Å². The summed E-state index contributed by atoms with van der Waals surface area (Å²) in [5, 5.41) is 2.93. The lowest BCUT2D eigenvalue weighted by atomic mass is 10.2. The molecule has 0 radical (unpaired) electrons. The molecule has 1 amide bonds. The van der Waals surface area contributed by atoms with Gasteiger partial charge in [0.1, 0.15) is 17.3 Å². The average molecular weight is 313 g/mol. The van der Waals surface area contributed by atoms with E-state index in [0.717, 1.165) is 28.8 Å². The van der Waals surface area contributed by atoms with Crippen LogP contribution < -0.4 is 10.1 Å². The van der Waals surface area contributed by atoms with Crippen molar-refractivity contribution >= 4 is 5.91 Å². The lowest BCUT2D eigenvalue weighted by molar-refractivity contribution is -0.121. The third kappa shape index (κ3) is 4.15. The van der Waals surface area contributed by atoms with Crippen molar-refractivity contribution in [3.63, 3.8) is 0 Å². The number of furan rings is 1. The lowest BCUT2D eigenvalue weighted by Crippen LogP contribution is -2.22. The zero-order valence-corrected chi connectivity index (χ0v) is 13.7. The van der Waals surface area contributed by atoms with Crippen molar-refractivity contribution in [2.24, 2.45) is 5.92 Å². The highest BCUT2D eigenvalue weighted by molar-refractivity contribution is 5.76. The summed E-state index contributed by atoms with van der Waals surface area (Å²) >= 11 is 0. The molecule has 2 aromatic rings. The fourth-order valence-corrected chi connectivity index (χ4v) is 2.72. The zero-order chi connectivity index (χ0) is 16.2. The van der Waals surface area contributed by atoms with Crippen LogP contribution in [-0.4, -0.2) is 13.0 Å². The minimum Gasteiger partial charge on any atom is -0.497 e. The standard InChI is InChI=1S/C19H23NO3/c1-13-11-17(13)18-9-7-16(23-18)8-10-19(21)20-12-14-3-5-15(22-2)6-4-14/h3-7,9,13,17H,8,10-12H2,1-2H3,(H,20,21). The fraction of sp³-hybridized carbons (Fsp3) is 0.421. The molecule has 4 nitrogen and oxygen atoms in total. The first-order chi connectivity index (χ1) is 11.2. The number of methoxy groups -OCH3 is 1. The Balaban J connectivity index is 1.41. The van der Waals surface area contributed by atoms with E-state index in [2.05, 4.69) is 18.3 Å². The Hall–Kier alpha value is -2.23. The van der Waals surface area contributed by atoms with Crippen molar-refractivity contribution in [2.45, 2.75) is 38.6 Å². The van der Waals surface area contributed by atoms with Gasteiger partial charge < -0.3 is 14.5 Å². The molecule has 0 saturated heterocycles. The van der Waals surface area contributed by atoms with Gasteiger partial charge in [-0.3, -0.25) is 4.79 Å². The molecule has 1 aliphatic carbocycles. The van der Waals surface area contributed by atoms with Crippen LogP contribution in [0.5, 0.6) is 5.75 Å². The van der Waals surface area contributed by atoms with Gasteiger partial charge in [0, 0.05) is 25.3 Å². The van der Waals surface area contributed by atoms with Crippen LogP contribution in [0.1, 0.15) is 42.8 Å². The average Bonchev–Trinajstić information content (AvgIpc) is 3.12. The number of nitrogens with one attached hydrogen (secondary N) is 1. The Bertz CT molecular complexity index is 660. The molecule has 1 N–H and O–H groups in total. The van der Waals surface area contributed by atoms with Gasteiger partial charge in [-0.15, -0.1) is 0 Å². The first-order valence-electron chi connectivity index (χ1n) is 8.14. The van der Waals surface area contributed by atoms with E-state index in [1.165, 1.54) is 6.42 Å². The number of aryl methyl sites for hydroxylation is 1. The molecule has 23 heavy (non-hydrogen) atoms. The van der Waals surface area contributed by atoms with E-state index in [0.29, 0.717) is 25.3 Å². The highest BCUT2D eigenvalue weighted by Crippen LogP contribution is 2.47. The van der Waals surface area contributed by atoms with E-state index >= 15 is 0 Å². The van der Waals surface area contributed by atoms with Crippen LogP contribution in [0.2, 0.25) is 0 Å². The first kappa shape index (κ1) is 15.7. The largest absolute Gasteiger partial charge is 0.497 e. The SMILES string of the molecule is COc1ccc(CNC(=O)CCc2ccc(C3CC3C)o2)cc1. The van der Waals surface area contributed by atoms with Gasteiger partial charge >= 0.3 is 0 Å². The van der Waals surface area contributed by atoms with Gasteiger partial charge in [0.2, 0.25) is 5.91 Å². The second-order valence-electron chi connectivity index (χ2n) is 6.25. The summed E-state index contributed by atoms with van der Waals surface area (Å²) in [5.41, 5.74) is 1.06. The normalized spacial score (nSPS) is 19.4. The zero-order valence-electron chi connectivity index (χ0n) is 13.7. The number of carbonyl (C=O) groups is 1. The maximum absolute atomic E-state index is 11.9. The molecular weight excluding hydrogens is 290 g/mol. The van der Waals surface area contributed by atoms with Crippen molar-refractivity contribution in [2.75, 3.05) is 7.11 Å². The number of carbonyl (C=O) groups excluding carboxylic acids is 1. The summed E-state index contributed by atoms with van der Waals surface area (Å²) in [6.45, 7) is 2.77. The topological polar surface area (TPSA) is 51.5 Å². The van der Waals surface area contributed by atoms with Gasteiger partial charge in [-0.2, -0.15) is 0 Å². The molecule has 1 saturated carbocycles. The molecule has 1 aliphatic rings. The Labute approximate surface area is 136 Å². The molecule has 3 rings (SSSR count). The summed E-state index contributed by atoms with van der Waals surface area (Å²) < 4.78 is 10.9. The highest BCUT2D eigenvalue weighted by Gasteiger charge is 2.36. The van der Waals surface area contributed by atoms with E-state index in [1.807, 2.05) is 30.3 Å². The maximum atomic E-state index is 11.9. The van der Waals surface area contributed by atoms with Crippen molar-refractivity contribution in [3.8, 4) is 5.75 Å². The third-order valence-corrected chi connectivity index (χ3v) is 4.40. The highest BCUT2D eigenvalue weighted by atomic mass is 16.5. The quantitative estimate of drug-likeness (QED) is 0.848. The van der Waals surface area contributed by atoms with Crippen LogP contribution in [0.3, 0.4) is 0 Å². The predicted molar refractivity (Wildman–Crippen MR) is 88.4 cm³/mol. The monoisotopic (exact) mass is 313 g/mol. The van der Waals surface area contributed by atoms with Crippen LogP contribution in [0.4, 0.5) is 0 Å². The molecular formula is C19H23NO3. The molecule has 2 atom stereocenters. The van der Waals surface area contributed by atoms with Crippen LogP contribution in [0, 0.1) is 5.92 Å². The van der Waals surface area contributed by atoms with Gasteiger partial charge in [0.15, 0.2) is 0 Å². The van der Waals surface area contributed by atoms with Gasteiger partial charge in [-0.1, -0.05) is 19.1 Å². The molecule has 0 bridgehead atoms. The van der Waals surface area contributed by atoms with Gasteiger partial charge in [0.05, 0.1) is 7.11 Å². The molecule has 122 valence electrons. The van der Waals surface area contributed by atoms with Crippen LogP contribution in [0.15, 0.2) is 40.8 Å². The Morgan fingerprint density at radius 3 is 2.65 bits per heavy atom. The minimum absolute atomic E-state index is 0.0403. The van der Waals surface area contributed by atoms with Crippen LogP contribution in [0.25, 0.3) is 0 Å². The molecule has 0 aliphatic heterocycles. The summed E-state index contributed by atoms with van der Waals surface area (Å²) in [4.78, 5) is 11.9. The van der Waals surface area contributed by atoms with Crippen molar-refractivity contribution < 1.29 is 13.9 Å². The Morgan fingerprint density at radius 2 is 2.00 bits per heavy atom. The molecule has 1 fully saturated rings. The second-order valence-corrected chi connectivity index (χ2v) is 6.25. The summed E-state index contributed by atoms with van der Waals surface area (Å²) in [7, 11) is 1.64. The number of hydrogen-bond donors (Lipinski definition) is 1. The minimum atomic E-state index is 0.0403. The molecule has 0 spiro atoms. The van der Waals surface area contributed by atoms with Gasteiger partial charge in [-0.05, 0) is 42.2 Å². The molecule has 1 heterocycles. The van der Waals surface area contributed by atoms with Crippen LogP contribution in [-0.2, 0) is 17.8 Å². The van der Waals surface area contributed by atoms with Crippen LogP contribution >= 0.6 is 0 Å². The second kappa shape index (κ2) is 6.90. The van der Waals surface area contributed by atoms with Gasteiger partial charge in [-0.25, -0.2) is 0 Å². The predicted octanol–water partition coefficient (Wildman–Crippen LogP) is 3.66. The number of ether oxygens (including phenoxy) is 1. The fourth-order valence-electron chi connectivity index (χ4n) is 2.72. The number of amides is 1.